The van der Waals surface area contributed by atoms with Gasteiger partial charge in [-0.1, -0.05) is 42.5 Å². The van der Waals surface area contributed by atoms with Crippen LogP contribution in [0.15, 0.2) is 54.6 Å². The monoisotopic (exact) mass is 354 g/mol. The number of amides is 3. The summed E-state index contributed by atoms with van der Waals surface area (Å²) < 4.78 is 1.09. The van der Waals surface area contributed by atoms with E-state index in [1.807, 2.05) is 54.6 Å². The Balaban J connectivity index is 1.62. The van der Waals surface area contributed by atoms with E-state index < -0.39 is 12.1 Å². The zero-order valence-corrected chi connectivity index (χ0v) is 14.3. The molecule has 3 amide bonds. The normalized spacial score (nSPS) is 11.8. The van der Waals surface area contributed by atoms with E-state index >= 15 is 0 Å². The molecule has 0 radical (unpaired) electrons. The first-order valence-electron chi connectivity index (χ1n) is 7.84. The van der Waals surface area contributed by atoms with Crippen LogP contribution >= 0.6 is 11.3 Å². The molecule has 1 aromatic heterocycles. The summed E-state index contributed by atoms with van der Waals surface area (Å²) in [6.07, 6.45) is 0.109. The summed E-state index contributed by atoms with van der Waals surface area (Å²) in [4.78, 5) is 28.0. The number of benzene rings is 2. The largest absolute Gasteiger partial charge is 0.352 e. The minimum atomic E-state index is -0.659. The average molecular weight is 354 g/mol. The Morgan fingerprint density at radius 1 is 1.08 bits per heavy atom. The number of hydrogen-bond donors (Lipinski definition) is 3. The van der Waals surface area contributed by atoms with Crippen LogP contribution in [0.3, 0.4) is 0 Å². The van der Waals surface area contributed by atoms with E-state index in [1.54, 1.807) is 11.3 Å². The van der Waals surface area contributed by atoms with Crippen molar-refractivity contribution in [1.82, 2.24) is 15.6 Å². The molecule has 6 nitrogen and oxygen atoms in total. The molecule has 0 aliphatic heterocycles. The van der Waals surface area contributed by atoms with Crippen LogP contribution in [-0.2, 0) is 11.3 Å². The molecule has 3 rings (SSSR count). The van der Waals surface area contributed by atoms with E-state index in [1.165, 1.54) is 0 Å². The first kappa shape index (κ1) is 16.9. The zero-order valence-electron chi connectivity index (χ0n) is 13.4. The second-order valence-corrected chi connectivity index (χ2v) is 6.64. The van der Waals surface area contributed by atoms with Crippen LogP contribution in [0, 0.1) is 0 Å². The van der Waals surface area contributed by atoms with Gasteiger partial charge in [0, 0.05) is 0 Å². The third kappa shape index (κ3) is 4.54. The van der Waals surface area contributed by atoms with Gasteiger partial charge in [0.1, 0.15) is 5.01 Å². The minimum absolute atomic E-state index is 0.109. The summed E-state index contributed by atoms with van der Waals surface area (Å²) in [5, 5.41) is 6.30. The fraction of sp³-hybridized carbons (Fsp3) is 0.167. The van der Waals surface area contributed by atoms with Gasteiger partial charge in [-0.25, -0.2) is 9.78 Å². The summed E-state index contributed by atoms with van der Waals surface area (Å²) in [6.45, 7) is 0.357. The van der Waals surface area contributed by atoms with Crippen LogP contribution in [0.25, 0.3) is 10.2 Å². The smallest absolute Gasteiger partial charge is 0.312 e. The van der Waals surface area contributed by atoms with Crippen molar-refractivity contribution in [3.05, 3.63) is 65.2 Å². The standard InChI is InChI=1S/C18H18N4O2S/c19-18(24)22-14(12-6-2-1-3-7-12)10-16(23)20-11-17-21-13-8-4-5-9-15(13)25-17/h1-9,14H,10-11H2,(H,20,23)(H3,19,22,24). The van der Waals surface area contributed by atoms with E-state index in [4.69, 9.17) is 5.73 Å². The number of thiazole rings is 1. The molecule has 4 N–H and O–H groups in total. The highest BCUT2D eigenvalue weighted by Gasteiger charge is 2.17. The van der Waals surface area contributed by atoms with Gasteiger partial charge >= 0.3 is 6.03 Å². The molecule has 7 heteroatoms. The molecule has 0 aliphatic carbocycles. The van der Waals surface area contributed by atoms with Crippen molar-refractivity contribution >= 4 is 33.5 Å². The molecule has 128 valence electrons. The highest BCUT2D eigenvalue weighted by Crippen LogP contribution is 2.21. The maximum Gasteiger partial charge on any atom is 0.312 e. The van der Waals surface area contributed by atoms with Gasteiger partial charge in [-0.3, -0.25) is 4.79 Å². The van der Waals surface area contributed by atoms with E-state index in [9.17, 15) is 9.59 Å². The van der Waals surface area contributed by atoms with Crippen LogP contribution in [-0.4, -0.2) is 16.9 Å². The van der Waals surface area contributed by atoms with Crippen LogP contribution in [0.5, 0.6) is 0 Å². The molecule has 1 atom stereocenters. The lowest BCUT2D eigenvalue weighted by atomic mass is 10.0. The lowest BCUT2D eigenvalue weighted by Crippen LogP contribution is -2.36. The Morgan fingerprint density at radius 2 is 1.80 bits per heavy atom. The summed E-state index contributed by atoms with van der Waals surface area (Å²) in [7, 11) is 0. The van der Waals surface area contributed by atoms with Gasteiger partial charge in [0.05, 0.1) is 29.2 Å². The van der Waals surface area contributed by atoms with E-state index in [-0.39, 0.29) is 12.3 Å². The summed E-state index contributed by atoms with van der Waals surface area (Å²) in [5.41, 5.74) is 6.98. The van der Waals surface area contributed by atoms with Gasteiger partial charge in [-0.2, -0.15) is 0 Å². The number of carbonyl (C=O) groups is 2. The van der Waals surface area contributed by atoms with Crippen molar-refractivity contribution < 1.29 is 9.59 Å². The SMILES string of the molecule is NC(=O)NC(CC(=O)NCc1nc2ccccc2s1)c1ccccc1. The topological polar surface area (TPSA) is 97.1 Å². The molecule has 0 aliphatic rings. The molecule has 0 saturated heterocycles. The summed E-state index contributed by atoms with van der Waals surface area (Å²) in [5.74, 6) is -0.179. The number of aromatic nitrogens is 1. The molecule has 0 fully saturated rings. The average Bonchev–Trinajstić information content (AvgIpc) is 3.03. The number of fused-ring (bicyclic) bond motifs is 1. The third-order valence-corrected chi connectivity index (χ3v) is 4.72. The van der Waals surface area contributed by atoms with Crippen molar-refractivity contribution in [2.45, 2.75) is 19.0 Å². The predicted octanol–water partition coefficient (Wildman–Crippen LogP) is 2.71. The van der Waals surface area contributed by atoms with Gasteiger partial charge in [0.15, 0.2) is 0 Å². The van der Waals surface area contributed by atoms with E-state index in [0.29, 0.717) is 6.54 Å². The Bertz CT molecular complexity index is 846. The molecular formula is C18H18N4O2S. The van der Waals surface area contributed by atoms with Crippen molar-refractivity contribution in [2.24, 2.45) is 5.73 Å². The first-order chi connectivity index (χ1) is 12.1. The molecule has 25 heavy (non-hydrogen) atoms. The number of nitrogens with one attached hydrogen (secondary N) is 2. The number of primary amides is 1. The highest BCUT2D eigenvalue weighted by molar-refractivity contribution is 7.18. The number of urea groups is 1. The number of para-hydroxylation sites is 1. The Morgan fingerprint density at radius 3 is 2.52 bits per heavy atom. The Hall–Kier alpha value is -2.93. The van der Waals surface area contributed by atoms with Gasteiger partial charge in [-0.05, 0) is 17.7 Å². The molecule has 1 unspecified atom stereocenters. The molecule has 3 aromatic rings. The molecular weight excluding hydrogens is 336 g/mol. The van der Waals surface area contributed by atoms with Gasteiger partial charge in [0.25, 0.3) is 0 Å². The molecule has 0 spiro atoms. The van der Waals surface area contributed by atoms with Gasteiger partial charge in [-0.15, -0.1) is 11.3 Å². The van der Waals surface area contributed by atoms with E-state index in [2.05, 4.69) is 15.6 Å². The van der Waals surface area contributed by atoms with Crippen molar-refractivity contribution in [3.8, 4) is 0 Å². The van der Waals surface area contributed by atoms with Crippen LogP contribution in [0.4, 0.5) is 4.79 Å². The summed E-state index contributed by atoms with van der Waals surface area (Å²) >= 11 is 1.55. The predicted molar refractivity (Wildman–Crippen MR) is 98.0 cm³/mol. The maximum absolute atomic E-state index is 12.3. The number of nitrogens with zero attached hydrogens (tertiary/aromatic N) is 1. The molecule has 0 bridgehead atoms. The quantitative estimate of drug-likeness (QED) is 0.635. The molecule has 2 aromatic carbocycles. The number of rotatable bonds is 6. The Labute approximate surface area is 149 Å². The van der Waals surface area contributed by atoms with Crippen molar-refractivity contribution in [3.63, 3.8) is 0 Å². The maximum atomic E-state index is 12.3. The lowest BCUT2D eigenvalue weighted by molar-refractivity contribution is -0.121. The third-order valence-electron chi connectivity index (χ3n) is 3.68. The van der Waals surface area contributed by atoms with E-state index in [0.717, 1.165) is 20.8 Å². The fourth-order valence-electron chi connectivity index (χ4n) is 2.54. The van der Waals surface area contributed by atoms with Crippen LogP contribution < -0.4 is 16.4 Å². The Kier molecular flexibility index (Phi) is 5.25. The highest BCUT2D eigenvalue weighted by atomic mass is 32.1. The first-order valence-corrected chi connectivity index (χ1v) is 8.65. The second-order valence-electron chi connectivity index (χ2n) is 5.53. The fourth-order valence-corrected chi connectivity index (χ4v) is 3.44. The second kappa shape index (κ2) is 7.76. The number of carbonyl (C=O) groups excluding carboxylic acids is 2. The lowest BCUT2D eigenvalue weighted by Gasteiger charge is -2.17. The minimum Gasteiger partial charge on any atom is -0.352 e. The molecule has 0 saturated carbocycles. The van der Waals surface area contributed by atoms with Gasteiger partial charge in [0.2, 0.25) is 5.91 Å². The van der Waals surface area contributed by atoms with Crippen molar-refractivity contribution in [2.75, 3.05) is 0 Å². The number of nitrogens with two attached hydrogens (primary N) is 1. The van der Waals surface area contributed by atoms with Gasteiger partial charge < -0.3 is 16.4 Å². The van der Waals surface area contributed by atoms with Crippen LogP contribution in [0.1, 0.15) is 23.0 Å². The number of hydrogen-bond acceptors (Lipinski definition) is 4. The zero-order chi connectivity index (χ0) is 17.6. The summed E-state index contributed by atoms with van der Waals surface area (Å²) in [6, 6.07) is 16.0. The molecule has 1 heterocycles. The van der Waals surface area contributed by atoms with Crippen LogP contribution in [0.2, 0.25) is 0 Å². The van der Waals surface area contributed by atoms with Crippen molar-refractivity contribution in [1.29, 1.82) is 0 Å².